The molecule has 84 valence electrons. The molecule has 0 spiro atoms. The highest BCUT2D eigenvalue weighted by atomic mass is 16.5. The lowest BCUT2D eigenvalue weighted by molar-refractivity contribution is -0.128. The maximum absolute atomic E-state index is 9.18. The van der Waals surface area contributed by atoms with Crippen molar-refractivity contribution in [2.24, 2.45) is 5.41 Å². The van der Waals surface area contributed by atoms with E-state index < -0.39 is 0 Å². The molecule has 3 heteroatoms. The summed E-state index contributed by atoms with van der Waals surface area (Å²) < 4.78 is 4.15. The zero-order valence-corrected chi connectivity index (χ0v) is 9.64. The van der Waals surface area contributed by atoms with Gasteiger partial charge in [-0.15, -0.1) is 0 Å². The molecule has 1 aliphatic rings. The molecule has 1 aliphatic carbocycles. The Hall–Kier alpha value is -0.570. The van der Waals surface area contributed by atoms with E-state index >= 15 is 0 Å². The third-order valence-electron chi connectivity index (χ3n) is 2.49. The van der Waals surface area contributed by atoms with Gasteiger partial charge in [0.1, 0.15) is 0 Å². The minimum Gasteiger partial charge on any atom is -0.468 e. The normalized spacial score (nSPS) is 16.5. The highest BCUT2D eigenvalue weighted by molar-refractivity contribution is 5.36. The Morgan fingerprint density at radius 1 is 1.43 bits per heavy atom. The molecule has 1 saturated carbocycles. The molecule has 3 nitrogen and oxygen atoms in total. The van der Waals surface area contributed by atoms with Crippen molar-refractivity contribution >= 4 is 6.47 Å². The summed E-state index contributed by atoms with van der Waals surface area (Å²) in [6, 6.07) is 0. The lowest BCUT2D eigenvalue weighted by Gasteiger charge is -2.06. The summed E-state index contributed by atoms with van der Waals surface area (Å²) in [5, 5.41) is 3.34. The molecule has 0 unspecified atom stereocenters. The fourth-order valence-corrected chi connectivity index (χ4v) is 1.10. The second-order valence-electron chi connectivity index (χ2n) is 3.97. The summed E-state index contributed by atoms with van der Waals surface area (Å²) >= 11 is 0. The van der Waals surface area contributed by atoms with Crippen LogP contribution >= 0.6 is 0 Å². The molecule has 0 radical (unpaired) electrons. The molecule has 0 aromatic heterocycles. The van der Waals surface area contributed by atoms with Gasteiger partial charge in [0, 0.05) is 0 Å². The third-order valence-corrected chi connectivity index (χ3v) is 2.49. The van der Waals surface area contributed by atoms with Crippen LogP contribution in [0.15, 0.2) is 0 Å². The largest absolute Gasteiger partial charge is 0.468 e. The molecule has 1 fully saturated rings. The molecule has 0 aromatic carbocycles. The van der Waals surface area contributed by atoms with Crippen molar-refractivity contribution in [3.8, 4) is 0 Å². The number of hydrogen-bond acceptors (Lipinski definition) is 3. The van der Waals surface area contributed by atoms with Gasteiger partial charge in [-0.05, 0) is 44.7 Å². The van der Waals surface area contributed by atoms with Gasteiger partial charge in [0.05, 0.1) is 6.61 Å². The van der Waals surface area contributed by atoms with Crippen molar-refractivity contribution in [1.82, 2.24) is 5.32 Å². The quantitative estimate of drug-likeness (QED) is 0.527. The molecule has 0 bridgehead atoms. The Balaban J connectivity index is 0.000000292. The second kappa shape index (κ2) is 7.80. The van der Waals surface area contributed by atoms with E-state index in [-0.39, 0.29) is 0 Å². The first kappa shape index (κ1) is 13.4. The molecule has 0 aliphatic heterocycles. The van der Waals surface area contributed by atoms with Crippen LogP contribution in [0.5, 0.6) is 0 Å². The molecule has 0 atom stereocenters. The first-order valence-electron chi connectivity index (χ1n) is 5.44. The van der Waals surface area contributed by atoms with Gasteiger partial charge in [-0.1, -0.05) is 13.8 Å². The van der Waals surface area contributed by atoms with Gasteiger partial charge in [0.15, 0.2) is 0 Å². The van der Waals surface area contributed by atoms with Crippen LogP contribution in [0.1, 0.15) is 40.0 Å². The van der Waals surface area contributed by atoms with Crippen LogP contribution in [0.25, 0.3) is 0 Å². The summed E-state index contributed by atoms with van der Waals surface area (Å²) in [4.78, 5) is 9.18. The molecule has 14 heavy (non-hydrogen) atoms. The molecular formula is C11H23NO2. The number of hydrogen-bond donors (Lipinski definition) is 1. The topological polar surface area (TPSA) is 38.3 Å². The van der Waals surface area contributed by atoms with Crippen molar-refractivity contribution < 1.29 is 9.53 Å². The Morgan fingerprint density at radius 3 is 2.36 bits per heavy atom. The summed E-state index contributed by atoms with van der Waals surface area (Å²) in [6.07, 6.45) is 4.29. The maximum atomic E-state index is 9.18. The van der Waals surface area contributed by atoms with Crippen LogP contribution in [0.4, 0.5) is 0 Å². The van der Waals surface area contributed by atoms with Gasteiger partial charge in [-0.25, -0.2) is 0 Å². The van der Waals surface area contributed by atoms with Crippen LogP contribution in [0.3, 0.4) is 0 Å². The molecular weight excluding hydrogens is 178 g/mol. The van der Waals surface area contributed by atoms with Crippen molar-refractivity contribution in [2.45, 2.75) is 40.0 Å². The third kappa shape index (κ3) is 8.05. The van der Waals surface area contributed by atoms with Gasteiger partial charge in [0.25, 0.3) is 6.47 Å². The fraction of sp³-hybridized carbons (Fsp3) is 0.909. The Morgan fingerprint density at radius 2 is 2.07 bits per heavy atom. The van der Waals surface area contributed by atoms with Gasteiger partial charge < -0.3 is 10.1 Å². The molecule has 0 heterocycles. The SMILES string of the molecule is CCNCCC1(C)CC1.CCOC=O. The summed E-state index contributed by atoms with van der Waals surface area (Å²) in [5.41, 5.74) is 0.738. The summed E-state index contributed by atoms with van der Waals surface area (Å²) in [6.45, 7) is 9.54. The zero-order valence-electron chi connectivity index (χ0n) is 9.64. The van der Waals surface area contributed by atoms with Crippen LogP contribution < -0.4 is 5.32 Å². The summed E-state index contributed by atoms with van der Waals surface area (Å²) in [7, 11) is 0. The van der Waals surface area contributed by atoms with E-state index in [1.807, 2.05) is 0 Å². The standard InChI is InChI=1S/C8H17N.C3H6O2/c1-3-9-7-6-8(2)4-5-8;1-2-5-3-4/h9H,3-7H2,1-2H3;3H,2H2,1H3. The highest BCUT2D eigenvalue weighted by Gasteiger charge is 2.35. The van der Waals surface area contributed by atoms with Gasteiger partial charge >= 0.3 is 0 Å². The Kier molecular flexibility index (Phi) is 7.48. The zero-order chi connectivity index (χ0) is 10.9. The lowest BCUT2D eigenvalue weighted by atomic mass is 10.1. The van der Waals surface area contributed by atoms with Gasteiger partial charge in [-0.3, -0.25) is 4.79 Å². The predicted octanol–water partition coefficient (Wildman–Crippen LogP) is 1.97. The van der Waals surface area contributed by atoms with E-state index in [0.717, 1.165) is 12.0 Å². The van der Waals surface area contributed by atoms with E-state index in [1.165, 1.54) is 25.8 Å². The number of rotatable bonds is 6. The lowest BCUT2D eigenvalue weighted by Crippen LogP contribution is -2.16. The minimum absolute atomic E-state index is 0.431. The smallest absolute Gasteiger partial charge is 0.293 e. The monoisotopic (exact) mass is 201 g/mol. The molecule has 1 N–H and O–H groups in total. The van der Waals surface area contributed by atoms with Crippen LogP contribution in [0, 0.1) is 5.41 Å². The van der Waals surface area contributed by atoms with E-state index in [2.05, 4.69) is 23.9 Å². The van der Waals surface area contributed by atoms with Crippen LogP contribution in [-0.2, 0) is 9.53 Å². The minimum atomic E-state index is 0.431. The maximum Gasteiger partial charge on any atom is 0.293 e. The fourth-order valence-electron chi connectivity index (χ4n) is 1.10. The van der Waals surface area contributed by atoms with Crippen LogP contribution in [-0.4, -0.2) is 26.2 Å². The molecule has 0 aromatic rings. The number of carbonyl (C=O) groups is 1. The molecule has 0 saturated heterocycles. The number of carbonyl (C=O) groups excluding carboxylic acids is 1. The van der Waals surface area contributed by atoms with Gasteiger partial charge in [0.2, 0.25) is 0 Å². The van der Waals surface area contributed by atoms with Crippen molar-refractivity contribution in [2.75, 3.05) is 19.7 Å². The van der Waals surface area contributed by atoms with E-state index in [0.29, 0.717) is 13.1 Å². The van der Waals surface area contributed by atoms with Crippen molar-refractivity contribution in [3.63, 3.8) is 0 Å². The average molecular weight is 201 g/mol. The first-order valence-corrected chi connectivity index (χ1v) is 5.44. The number of ether oxygens (including phenoxy) is 1. The predicted molar refractivity (Wildman–Crippen MR) is 58.2 cm³/mol. The van der Waals surface area contributed by atoms with E-state index in [1.54, 1.807) is 6.92 Å². The average Bonchev–Trinajstić information content (AvgIpc) is 2.87. The van der Waals surface area contributed by atoms with Crippen molar-refractivity contribution in [1.29, 1.82) is 0 Å². The highest BCUT2D eigenvalue weighted by Crippen LogP contribution is 2.47. The van der Waals surface area contributed by atoms with E-state index in [4.69, 9.17) is 0 Å². The van der Waals surface area contributed by atoms with Crippen LogP contribution in [0.2, 0.25) is 0 Å². The first-order chi connectivity index (χ1) is 6.68. The van der Waals surface area contributed by atoms with Gasteiger partial charge in [-0.2, -0.15) is 0 Å². The number of nitrogens with one attached hydrogen (secondary N) is 1. The van der Waals surface area contributed by atoms with E-state index in [9.17, 15) is 4.79 Å². The second-order valence-corrected chi connectivity index (χ2v) is 3.97. The Labute approximate surface area is 87.2 Å². The molecule has 0 amide bonds. The Bertz CT molecular complexity index is 144. The van der Waals surface area contributed by atoms with Crippen molar-refractivity contribution in [3.05, 3.63) is 0 Å². The summed E-state index contributed by atoms with van der Waals surface area (Å²) in [5.74, 6) is 0. The molecule has 1 rings (SSSR count).